The molecule has 0 radical (unpaired) electrons. The van der Waals surface area contributed by atoms with Crippen LogP contribution in [0.4, 0.5) is 19.1 Å². The fraction of sp³-hybridized carbons (Fsp3) is 0.737. The third kappa shape index (κ3) is 5.57. The second-order valence-corrected chi connectivity index (χ2v) is 7.82. The summed E-state index contributed by atoms with van der Waals surface area (Å²) in [6, 6.07) is 1.32. The monoisotopic (exact) mass is 416 g/mol. The quantitative estimate of drug-likeness (QED) is 0.811. The molecule has 10 heteroatoms. The van der Waals surface area contributed by atoms with Crippen LogP contribution in [-0.2, 0) is 9.53 Å². The van der Waals surface area contributed by atoms with Gasteiger partial charge in [-0.1, -0.05) is 0 Å². The van der Waals surface area contributed by atoms with Gasteiger partial charge in [0.15, 0.2) is 0 Å². The number of aliphatic carboxylic acids is 1. The molecule has 0 aliphatic carbocycles. The molecule has 1 N–H and O–H groups in total. The predicted molar refractivity (Wildman–Crippen MR) is 99.7 cm³/mol. The van der Waals surface area contributed by atoms with Gasteiger partial charge in [-0.15, -0.1) is 0 Å². The topological polar surface area (TPSA) is 78.8 Å². The van der Waals surface area contributed by atoms with E-state index in [1.165, 1.54) is 38.8 Å². The summed E-state index contributed by atoms with van der Waals surface area (Å²) in [5.41, 5.74) is 1.13. The summed E-state index contributed by atoms with van der Waals surface area (Å²) >= 11 is 0. The van der Waals surface area contributed by atoms with Gasteiger partial charge in [-0.05, 0) is 44.1 Å². The summed E-state index contributed by atoms with van der Waals surface area (Å²) in [5.74, 6) is -1.00. The van der Waals surface area contributed by atoms with Crippen molar-refractivity contribution >= 4 is 11.9 Å². The molecule has 3 aliphatic heterocycles. The number of carboxylic acids is 1. The number of nitrogens with zero attached hydrogens (tertiary/aromatic N) is 4. The number of hydrogen-bond acceptors (Lipinski definition) is 6. The Morgan fingerprint density at radius 2 is 1.72 bits per heavy atom. The maximum atomic E-state index is 10.6. The SMILES string of the molecule is Cc1cnc(N2CC[C@H]3[C@H]2CCN3CC2CCOCC2)nc1.O=C(O)C(F)(F)F. The minimum absolute atomic E-state index is 0.613. The van der Waals surface area contributed by atoms with Crippen molar-refractivity contribution in [3.63, 3.8) is 0 Å². The van der Waals surface area contributed by atoms with E-state index in [-0.39, 0.29) is 0 Å². The van der Waals surface area contributed by atoms with Crippen LogP contribution in [0.2, 0.25) is 0 Å². The lowest BCUT2D eigenvalue weighted by molar-refractivity contribution is -0.192. The normalized spacial score (nSPS) is 25.4. The molecule has 4 heterocycles. The van der Waals surface area contributed by atoms with Crippen LogP contribution in [0.1, 0.15) is 31.2 Å². The van der Waals surface area contributed by atoms with Crippen molar-refractivity contribution in [2.45, 2.75) is 50.9 Å². The summed E-state index contributed by atoms with van der Waals surface area (Å²) < 4.78 is 37.2. The first-order valence-corrected chi connectivity index (χ1v) is 9.93. The number of aryl methyl sites for hydroxylation is 1. The average molecular weight is 416 g/mol. The molecule has 3 aliphatic rings. The van der Waals surface area contributed by atoms with E-state index in [1.54, 1.807) is 0 Å². The third-order valence-corrected chi connectivity index (χ3v) is 5.79. The number of alkyl halides is 3. The Morgan fingerprint density at radius 1 is 1.14 bits per heavy atom. The second-order valence-electron chi connectivity index (χ2n) is 7.82. The van der Waals surface area contributed by atoms with E-state index in [2.05, 4.69) is 19.8 Å². The Kier molecular flexibility index (Phi) is 6.94. The molecule has 2 atom stereocenters. The molecule has 3 fully saturated rings. The van der Waals surface area contributed by atoms with Crippen LogP contribution in [0.5, 0.6) is 0 Å². The van der Waals surface area contributed by atoms with Gasteiger partial charge in [-0.3, -0.25) is 4.90 Å². The van der Waals surface area contributed by atoms with Crippen molar-refractivity contribution in [1.82, 2.24) is 14.9 Å². The van der Waals surface area contributed by atoms with Crippen LogP contribution in [0.15, 0.2) is 12.4 Å². The Labute approximate surface area is 167 Å². The van der Waals surface area contributed by atoms with Crippen molar-refractivity contribution < 1.29 is 27.8 Å². The summed E-state index contributed by atoms with van der Waals surface area (Å²) in [6.45, 7) is 7.54. The number of likely N-dealkylation sites (tertiary alicyclic amines) is 1. The summed E-state index contributed by atoms with van der Waals surface area (Å²) in [7, 11) is 0. The van der Waals surface area contributed by atoms with Crippen molar-refractivity contribution in [3.05, 3.63) is 18.0 Å². The zero-order chi connectivity index (χ0) is 21.0. The number of anilines is 1. The van der Waals surface area contributed by atoms with E-state index in [4.69, 9.17) is 14.6 Å². The largest absolute Gasteiger partial charge is 0.490 e. The Morgan fingerprint density at radius 3 is 2.31 bits per heavy atom. The lowest BCUT2D eigenvalue weighted by Gasteiger charge is -2.30. The van der Waals surface area contributed by atoms with Gasteiger partial charge >= 0.3 is 12.1 Å². The highest BCUT2D eigenvalue weighted by Crippen LogP contribution is 2.34. The smallest absolute Gasteiger partial charge is 0.475 e. The fourth-order valence-electron chi connectivity index (χ4n) is 4.35. The molecule has 0 unspecified atom stereocenters. The van der Waals surface area contributed by atoms with Crippen molar-refractivity contribution in [1.29, 1.82) is 0 Å². The summed E-state index contributed by atoms with van der Waals surface area (Å²) in [4.78, 5) is 23.1. The highest BCUT2D eigenvalue weighted by atomic mass is 19.4. The molecule has 162 valence electrons. The van der Waals surface area contributed by atoms with E-state index in [9.17, 15) is 13.2 Å². The van der Waals surface area contributed by atoms with E-state index >= 15 is 0 Å². The van der Waals surface area contributed by atoms with Gasteiger partial charge < -0.3 is 14.7 Å². The predicted octanol–water partition coefficient (Wildman–Crippen LogP) is 2.50. The lowest BCUT2D eigenvalue weighted by atomic mass is 9.99. The first-order chi connectivity index (χ1) is 13.8. The number of ether oxygens (including phenoxy) is 1. The van der Waals surface area contributed by atoms with Gasteiger partial charge in [-0.25, -0.2) is 14.8 Å². The van der Waals surface area contributed by atoms with E-state index in [0.29, 0.717) is 12.1 Å². The summed E-state index contributed by atoms with van der Waals surface area (Å²) in [6.07, 6.45) is 3.77. The van der Waals surface area contributed by atoms with Crippen LogP contribution in [0, 0.1) is 12.8 Å². The van der Waals surface area contributed by atoms with E-state index in [0.717, 1.165) is 37.2 Å². The highest BCUT2D eigenvalue weighted by Gasteiger charge is 2.43. The van der Waals surface area contributed by atoms with Crippen molar-refractivity contribution in [2.75, 3.05) is 37.7 Å². The van der Waals surface area contributed by atoms with Gasteiger partial charge in [0.2, 0.25) is 5.95 Å². The first-order valence-electron chi connectivity index (χ1n) is 9.93. The molecule has 0 saturated carbocycles. The third-order valence-electron chi connectivity index (χ3n) is 5.79. The zero-order valence-corrected chi connectivity index (χ0v) is 16.4. The molecule has 0 aromatic carbocycles. The molecule has 0 amide bonds. The minimum Gasteiger partial charge on any atom is -0.475 e. The van der Waals surface area contributed by atoms with Crippen molar-refractivity contribution in [2.24, 2.45) is 5.92 Å². The molecular weight excluding hydrogens is 389 g/mol. The maximum absolute atomic E-state index is 10.6. The van der Waals surface area contributed by atoms with Gasteiger partial charge in [0.25, 0.3) is 0 Å². The van der Waals surface area contributed by atoms with Crippen LogP contribution in [0.25, 0.3) is 0 Å². The molecule has 0 bridgehead atoms. The molecule has 29 heavy (non-hydrogen) atoms. The number of carboxylic acid groups (broad SMARTS) is 1. The molecule has 4 rings (SSSR count). The van der Waals surface area contributed by atoms with Crippen molar-refractivity contribution in [3.8, 4) is 0 Å². The number of halogens is 3. The maximum Gasteiger partial charge on any atom is 0.490 e. The molecule has 1 aromatic rings. The second kappa shape index (κ2) is 9.25. The van der Waals surface area contributed by atoms with Crippen LogP contribution >= 0.6 is 0 Å². The molecule has 0 spiro atoms. The van der Waals surface area contributed by atoms with Crippen LogP contribution in [0.3, 0.4) is 0 Å². The molecule has 1 aromatic heterocycles. The van der Waals surface area contributed by atoms with Gasteiger partial charge in [0.1, 0.15) is 0 Å². The van der Waals surface area contributed by atoms with Gasteiger partial charge in [0.05, 0.1) is 0 Å². The number of hydrogen-bond donors (Lipinski definition) is 1. The standard InChI is InChI=1S/C17H26N4O.C2HF3O2/c1-13-10-18-17(19-11-13)21-7-3-15-16(21)2-6-20(15)12-14-4-8-22-9-5-14;3-2(4,5)1(6)7/h10-11,14-16H,2-9,12H2,1H3;(H,6,7)/t15-,16+;/m0./s1. The highest BCUT2D eigenvalue weighted by molar-refractivity contribution is 5.73. The number of aromatic nitrogens is 2. The van der Waals surface area contributed by atoms with E-state index in [1.807, 2.05) is 19.3 Å². The molecular formula is C19H27F3N4O3. The van der Waals surface area contributed by atoms with Crippen LogP contribution in [-0.4, -0.2) is 77.1 Å². The lowest BCUT2D eigenvalue weighted by Crippen LogP contribution is -2.40. The first kappa shape index (κ1) is 21.8. The zero-order valence-electron chi connectivity index (χ0n) is 16.4. The average Bonchev–Trinajstić information content (AvgIpc) is 3.26. The fourth-order valence-corrected chi connectivity index (χ4v) is 4.35. The minimum atomic E-state index is -5.08. The number of carbonyl (C=O) groups is 1. The van der Waals surface area contributed by atoms with E-state index < -0.39 is 12.1 Å². The Hall–Kier alpha value is -1.94. The van der Waals surface area contributed by atoms with Crippen LogP contribution < -0.4 is 4.90 Å². The van der Waals surface area contributed by atoms with Gasteiger partial charge in [-0.2, -0.15) is 13.2 Å². The molecule has 7 nitrogen and oxygen atoms in total. The Bertz CT molecular complexity index is 680. The summed E-state index contributed by atoms with van der Waals surface area (Å²) in [5, 5.41) is 7.12. The number of rotatable bonds is 3. The molecule has 3 saturated heterocycles. The number of fused-ring (bicyclic) bond motifs is 1. The Balaban J connectivity index is 0.000000298. The van der Waals surface area contributed by atoms with Gasteiger partial charge in [0, 0.05) is 57.3 Å².